The van der Waals surface area contributed by atoms with Crippen LogP contribution in [0.1, 0.15) is 12.5 Å². The zero-order valence-electron chi connectivity index (χ0n) is 11.7. The second kappa shape index (κ2) is 7.35. The van der Waals surface area contributed by atoms with Crippen LogP contribution in [-0.2, 0) is 16.0 Å². The number of hydrogen-bond acceptors (Lipinski definition) is 6. The number of benzene rings is 1. The second-order valence-electron chi connectivity index (χ2n) is 4.34. The fourth-order valence-corrected chi connectivity index (χ4v) is 1.72. The number of nitrogens with zero attached hydrogens (tertiary/aromatic N) is 2. The normalized spacial score (nSPS) is 11.7. The molecule has 0 bridgehead atoms. The monoisotopic (exact) mass is 287 g/mol. The molecule has 1 unspecified atom stereocenters. The van der Waals surface area contributed by atoms with Gasteiger partial charge in [0.2, 0.25) is 0 Å². The highest BCUT2D eigenvalue weighted by atomic mass is 16.5. The van der Waals surface area contributed by atoms with Crippen LogP contribution in [0.2, 0.25) is 0 Å². The van der Waals surface area contributed by atoms with E-state index in [2.05, 4.69) is 9.97 Å². The van der Waals surface area contributed by atoms with Gasteiger partial charge in [0, 0.05) is 12.4 Å². The van der Waals surface area contributed by atoms with Gasteiger partial charge in [0.25, 0.3) is 0 Å². The predicted octanol–water partition coefficient (Wildman–Crippen LogP) is 1.70. The predicted molar refractivity (Wildman–Crippen MR) is 76.9 cm³/mol. The summed E-state index contributed by atoms with van der Waals surface area (Å²) < 4.78 is 10.4. The zero-order valence-corrected chi connectivity index (χ0v) is 11.7. The van der Waals surface area contributed by atoms with Crippen molar-refractivity contribution in [3.63, 3.8) is 0 Å². The highest BCUT2D eigenvalue weighted by Gasteiger charge is 2.14. The SMILES string of the molecule is CCOC(=O)C(N)Cc1ccc(Oc2ncccn2)cc1. The lowest BCUT2D eigenvalue weighted by molar-refractivity contribution is -0.144. The summed E-state index contributed by atoms with van der Waals surface area (Å²) in [6.07, 6.45) is 3.63. The van der Waals surface area contributed by atoms with Gasteiger partial charge in [0.05, 0.1) is 6.61 Å². The first-order chi connectivity index (χ1) is 10.2. The van der Waals surface area contributed by atoms with Gasteiger partial charge in [-0.25, -0.2) is 9.97 Å². The molecule has 6 nitrogen and oxygen atoms in total. The maximum Gasteiger partial charge on any atom is 0.323 e. The van der Waals surface area contributed by atoms with Crippen molar-refractivity contribution < 1.29 is 14.3 Å². The molecule has 0 saturated carbocycles. The number of carbonyl (C=O) groups is 1. The van der Waals surface area contributed by atoms with Crippen LogP contribution in [0.25, 0.3) is 0 Å². The molecule has 2 aromatic rings. The van der Waals surface area contributed by atoms with Crippen LogP contribution in [0.4, 0.5) is 0 Å². The maximum absolute atomic E-state index is 11.5. The molecular formula is C15H17N3O3. The number of aromatic nitrogens is 2. The molecule has 0 saturated heterocycles. The van der Waals surface area contributed by atoms with E-state index in [0.717, 1.165) is 5.56 Å². The highest BCUT2D eigenvalue weighted by molar-refractivity contribution is 5.75. The third-order valence-corrected chi connectivity index (χ3v) is 2.72. The van der Waals surface area contributed by atoms with Crippen LogP contribution in [0.3, 0.4) is 0 Å². The molecule has 0 aliphatic rings. The number of carbonyl (C=O) groups excluding carboxylic acids is 1. The van der Waals surface area contributed by atoms with E-state index in [1.807, 2.05) is 12.1 Å². The molecule has 0 spiro atoms. The van der Waals surface area contributed by atoms with Crippen molar-refractivity contribution in [2.75, 3.05) is 6.61 Å². The Morgan fingerprint density at radius 3 is 2.52 bits per heavy atom. The van der Waals surface area contributed by atoms with Gasteiger partial charge in [0.1, 0.15) is 11.8 Å². The molecule has 1 aromatic heterocycles. The molecule has 0 fully saturated rings. The Balaban J connectivity index is 1.94. The van der Waals surface area contributed by atoms with Gasteiger partial charge in [-0.15, -0.1) is 0 Å². The lowest BCUT2D eigenvalue weighted by Crippen LogP contribution is -2.34. The lowest BCUT2D eigenvalue weighted by Gasteiger charge is -2.11. The average Bonchev–Trinajstić information content (AvgIpc) is 2.50. The van der Waals surface area contributed by atoms with E-state index in [1.165, 1.54) is 0 Å². The molecule has 0 aliphatic heterocycles. The first-order valence-electron chi connectivity index (χ1n) is 6.65. The topological polar surface area (TPSA) is 87.3 Å². The fraction of sp³-hybridized carbons (Fsp3) is 0.267. The van der Waals surface area contributed by atoms with E-state index in [4.69, 9.17) is 15.2 Å². The highest BCUT2D eigenvalue weighted by Crippen LogP contribution is 2.18. The minimum absolute atomic E-state index is 0.286. The molecule has 2 rings (SSSR count). The molecule has 6 heteroatoms. The third-order valence-electron chi connectivity index (χ3n) is 2.72. The Labute approximate surface area is 122 Å². The van der Waals surface area contributed by atoms with Gasteiger partial charge in [-0.05, 0) is 37.1 Å². The molecule has 2 N–H and O–H groups in total. The minimum atomic E-state index is -0.658. The molecule has 1 heterocycles. The van der Waals surface area contributed by atoms with Crippen molar-refractivity contribution in [2.24, 2.45) is 5.73 Å². The van der Waals surface area contributed by atoms with Crippen LogP contribution >= 0.6 is 0 Å². The summed E-state index contributed by atoms with van der Waals surface area (Å²) in [6, 6.07) is 8.59. The molecule has 0 aliphatic carbocycles. The summed E-state index contributed by atoms with van der Waals surface area (Å²) >= 11 is 0. The first kappa shape index (κ1) is 14.9. The van der Waals surface area contributed by atoms with E-state index < -0.39 is 12.0 Å². The fourth-order valence-electron chi connectivity index (χ4n) is 1.72. The Kier molecular flexibility index (Phi) is 5.22. The van der Waals surface area contributed by atoms with Crippen molar-refractivity contribution in [2.45, 2.75) is 19.4 Å². The summed E-state index contributed by atoms with van der Waals surface area (Å²) in [6.45, 7) is 2.08. The molecule has 110 valence electrons. The number of nitrogens with two attached hydrogens (primary N) is 1. The maximum atomic E-state index is 11.5. The Bertz CT molecular complexity index is 572. The van der Waals surface area contributed by atoms with Gasteiger partial charge in [-0.2, -0.15) is 0 Å². The largest absolute Gasteiger partial charge is 0.465 e. The Morgan fingerprint density at radius 1 is 1.24 bits per heavy atom. The average molecular weight is 287 g/mol. The smallest absolute Gasteiger partial charge is 0.323 e. The van der Waals surface area contributed by atoms with E-state index in [0.29, 0.717) is 18.8 Å². The van der Waals surface area contributed by atoms with Crippen molar-refractivity contribution in [3.8, 4) is 11.8 Å². The minimum Gasteiger partial charge on any atom is -0.465 e. The summed E-state index contributed by atoms with van der Waals surface area (Å²) in [5.74, 6) is 0.227. The molecule has 0 amide bonds. The zero-order chi connectivity index (χ0) is 15.1. The molecule has 21 heavy (non-hydrogen) atoms. The van der Waals surface area contributed by atoms with E-state index in [9.17, 15) is 4.79 Å². The van der Waals surface area contributed by atoms with Gasteiger partial charge >= 0.3 is 12.0 Å². The number of esters is 1. The van der Waals surface area contributed by atoms with Crippen LogP contribution < -0.4 is 10.5 Å². The third kappa shape index (κ3) is 4.54. The summed E-state index contributed by atoms with van der Waals surface area (Å²) in [4.78, 5) is 19.4. The van der Waals surface area contributed by atoms with Crippen molar-refractivity contribution >= 4 is 5.97 Å². The van der Waals surface area contributed by atoms with Gasteiger partial charge in [-0.3, -0.25) is 4.79 Å². The molecule has 1 aromatic carbocycles. The van der Waals surface area contributed by atoms with Crippen LogP contribution in [0.5, 0.6) is 11.8 Å². The van der Waals surface area contributed by atoms with Crippen molar-refractivity contribution in [1.29, 1.82) is 0 Å². The number of hydrogen-bond donors (Lipinski definition) is 1. The summed E-state index contributed by atoms with van der Waals surface area (Å²) in [5, 5.41) is 0. The standard InChI is InChI=1S/C15H17N3O3/c1-2-20-14(19)13(16)10-11-4-6-12(7-5-11)21-15-17-8-3-9-18-15/h3-9,13H,2,10,16H2,1H3. The van der Waals surface area contributed by atoms with Gasteiger partial charge < -0.3 is 15.2 Å². The lowest BCUT2D eigenvalue weighted by atomic mass is 10.1. The van der Waals surface area contributed by atoms with Gasteiger partial charge in [0.15, 0.2) is 0 Å². The van der Waals surface area contributed by atoms with E-state index in [-0.39, 0.29) is 6.01 Å². The quantitative estimate of drug-likeness (QED) is 0.814. The molecule has 1 atom stereocenters. The molecule has 0 radical (unpaired) electrons. The van der Waals surface area contributed by atoms with Crippen LogP contribution in [0, 0.1) is 0 Å². The van der Waals surface area contributed by atoms with E-state index in [1.54, 1.807) is 37.5 Å². The van der Waals surface area contributed by atoms with Crippen molar-refractivity contribution in [3.05, 3.63) is 48.3 Å². The Morgan fingerprint density at radius 2 is 1.90 bits per heavy atom. The van der Waals surface area contributed by atoms with Crippen LogP contribution in [0.15, 0.2) is 42.7 Å². The molecular weight excluding hydrogens is 270 g/mol. The van der Waals surface area contributed by atoms with Crippen LogP contribution in [-0.4, -0.2) is 28.6 Å². The van der Waals surface area contributed by atoms with Gasteiger partial charge in [-0.1, -0.05) is 12.1 Å². The number of ether oxygens (including phenoxy) is 2. The summed E-state index contributed by atoms with van der Waals surface area (Å²) in [7, 11) is 0. The second-order valence-corrected chi connectivity index (χ2v) is 4.34. The number of rotatable bonds is 6. The van der Waals surface area contributed by atoms with E-state index >= 15 is 0 Å². The summed E-state index contributed by atoms with van der Waals surface area (Å²) in [5.41, 5.74) is 6.70. The Hall–Kier alpha value is -2.47. The van der Waals surface area contributed by atoms with Crippen molar-refractivity contribution in [1.82, 2.24) is 9.97 Å². The first-order valence-corrected chi connectivity index (χ1v) is 6.65.